The molecule has 1 aliphatic rings. The second-order valence-electron chi connectivity index (χ2n) is 4.37. The topological polar surface area (TPSA) is 101 Å². The molecule has 1 fully saturated rings. The van der Waals surface area contributed by atoms with Gasteiger partial charge in [-0.2, -0.15) is 0 Å². The largest absolute Gasteiger partial charge is 0.313 e. The number of rotatable bonds is 5. The Morgan fingerprint density at radius 1 is 1.42 bits per heavy atom. The van der Waals surface area contributed by atoms with Crippen LogP contribution in [0, 0.1) is 10.1 Å². The van der Waals surface area contributed by atoms with Crippen LogP contribution < -0.4 is 10.0 Å². The van der Waals surface area contributed by atoms with Crippen LogP contribution in [0.3, 0.4) is 0 Å². The zero-order valence-electron chi connectivity index (χ0n) is 10.2. The van der Waals surface area contributed by atoms with Crippen molar-refractivity contribution in [3.05, 3.63) is 34.4 Å². The maximum atomic E-state index is 12.1. The normalized spacial score (nSPS) is 19.5. The van der Waals surface area contributed by atoms with E-state index in [1.54, 1.807) is 0 Å². The van der Waals surface area contributed by atoms with Crippen LogP contribution in [0.1, 0.15) is 12.8 Å². The monoisotopic (exact) mass is 285 g/mol. The lowest BCUT2D eigenvalue weighted by atomic mass is 10.2. The Labute approximate surface area is 111 Å². The van der Waals surface area contributed by atoms with E-state index in [-0.39, 0.29) is 17.5 Å². The number of nitro groups is 1. The molecular formula is C11H15N3O4S. The Bertz CT molecular complexity index is 567. The molecule has 1 aromatic rings. The van der Waals surface area contributed by atoms with E-state index in [1.807, 2.05) is 0 Å². The average Bonchev–Trinajstić information content (AvgIpc) is 2.89. The first-order valence-corrected chi connectivity index (χ1v) is 7.45. The number of benzene rings is 1. The van der Waals surface area contributed by atoms with Crippen molar-refractivity contribution < 1.29 is 13.3 Å². The molecule has 1 atom stereocenters. The van der Waals surface area contributed by atoms with Crippen LogP contribution in [0.5, 0.6) is 0 Å². The highest BCUT2D eigenvalue weighted by Gasteiger charge is 2.26. The summed E-state index contributed by atoms with van der Waals surface area (Å²) in [6.07, 6.45) is 1.91. The summed E-state index contributed by atoms with van der Waals surface area (Å²) in [7, 11) is -3.86. The van der Waals surface area contributed by atoms with E-state index in [0.29, 0.717) is 0 Å². The van der Waals surface area contributed by atoms with Gasteiger partial charge in [0.1, 0.15) is 0 Å². The molecule has 0 bridgehead atoms. The first-order valence-electron chi connectivity index (χ1n) is 5.97. The third-order valence-electron chi connectivity index (χ3n) is 3.03. The van der Waals surface area contributed by atoms with Gasteiger partial charge in [0.25, 0.3) is 5.69 Å². The minimum absolute atomic E-state index is 0.0949. The van der Waals surface area contributed by atoms with E-state index in [2.05, 4.69) is 10.0 Å². The standard InChI is InChI=1S/C11H15N3O4S/c15-14(16)10-5-1-2-6-11(10)19(17,18)13-8-9-4-3-7-12-9/h1-2,5-6,9,12-13H,3-4,7-8H2/t9-/m0/s1. The Hall–Kier alpha value is -1.51. The minimum Gasteiger partial charge on any atom is -0.313 e. The lowest BCUT2D eigenvalue weighted by Gasteiger charge is -2.12. The summed E-state index contributed by atoms with van der Waals surface area (Å²) in [4.78, 5) is 9.84. The Morgan fingerprint density at radius 2 is 2.16 bits per heavy atom. The number of hydrogen-bond acceptors (Lipinski definition) is 5. The highest BCUT2D eigenvalue weighted by molar-refractivity contribution is 7.89. The van der Waals surface area contributed by atoms with Crippen LogP contribution in [0.4, 0.5) is 5.69 Å². The van der Waals surface area contributed by atoms with Crippen molar-refractivity contribution in [1.29, 1.82) is 0 Å². The molecule has 0 amide bonds. The van der Waals surface area contributed by atoms with Gasteiger partial charge >= 0.3 is 0 Å². The van der Waals surface area contributed by atoms with Crippen LogP contribution in [-0.4, -0.2) is 32.5 Å². The molecule has 7 nitrogen and oxygen atoms in total. The van der Waals surface area contributed by atoms with Crippen molar-refractivity contribution in [3.63, 3.8) is 0 Å². The highest BCUT2D eigenvalue weighted by Crippen LogP contribution is 2.22. The van der Waals surface area contributed by atoms with Crippen molar-refractivity contribution >= 4 is 15.7 Å². The van der Waals surface area contributed by atoms with E-state index in [4.69, 9.17) is 0 Å². The van der Waals surface area contributed by atoms with Crippen LogP contribution >= 0.6 is 0 Å². The Balaban J connectivity index is 2.17. The van der Waals surface area contributed by atoms with E-state index < -0.39 is 20.6 Å². The fraction of sp³-hybridized carbons (Fsp3) is 0.455. The lowest BCUT2D eigenvalue weighted by Crippen LogP contribution is -2.37. The molecule has 1 saturated heterocycles. The van der Waals surface area contributed by atoms with E-state index in [9.17, 15) is 18.5 Å². The van der Waals surface area contributed by atoms with Crippen molar-refractivity contribution in [2.24, 2.45) is 0 Å². The molecule has 0 aromatic heterocycles. The first-order chi connectivity index (χ1) is 9.00. The SMILES string of the molecule is O=[N+]([O-])c1ccccc1S(=O)(=O)NC[C@@H]1CCCN1. The summed E-state index contributed by atoms with van der Waals surface area (Å²) in [6, 6.07) is 5.42. The number of sulfonamides is 1. The van der Waals surface area contributed by atoms with Crippen molar-refractivity contribution in [3.8, 4) is 0 Å². The second kappa shape index (κ2) is 5.64. The molecule has 8 heteroatoms. The molecule has 0 unspecified atom stereocenters. The molecule has 1 aliphatic heterocycles. The van der Waals surface area contributed by atoms with E-state index in [0.717, 1.165) is 19.4 Å². The van der Waals surface area contributed by atoms with E-state index in [1.165, 1.54) is 24.3 Å². The summed E-state index contributed by atoms with van der Waals surface area (Å²) < 4.78 is 26.6. The molecule has 1 aromatic carbocycles. The average molecular weight is 285 g/mol. The number of hydrogen-bond donors (Lipinski definition) is 2. The molecule has 0 aliphatic carbocycles. The van der Waals surface area contributed by atoms with Crippen LogP contribution in [0.15, 0.2) is 29.2 Å². The summed E-state index contributed by atoms with van der Waals surface area (Å²) in [5.74, 6) is 0. The zero-order valence-corrected chi connectivity index (χ0v) is 11.0. The Kier molecular flexibility index (Phi) is 4.13. The molecular weight excluding hydrogens is 270 g/mol. The fourth-order valence-electron chi connectivity index (χ4n) is 2.05. The molecule has 0 radical (unpaired) electrons. The minimum atomic E-state index is -3.86. The summed E-state index contributed by atoms with van der Waals surface area (Å²) >= 11 is 0. The van der Waals surface area contributed by atoms with Gasteiger partial charge in [-0.3, -0.25) is 10.1 Å². The van der Waals surface area contributed by atoms with Gasteiger partial charge in [0.05, 0.1) is 4.92 Å². The maximum Gasteiger partial charge on any atom is 0.289 e. The van der Waals surface area contributed by atoms with Gasteiger partial charge in [-0.15, -0.1) is 0 Å². The van der Waals surface area contributed by atoms with Gasteiger partial charge in [0, 0.05) is 18.7 Å². The zero-order chi connectivity index (χ0) is 13.9. The molecule has 2 rings (SSSR count). The lowest BCUT2D eigenvalue weighted by molar-refractivity contribution is -0.387. The quantitative estimate of drug-likeness (QED) is 0.610. The number of para-hydroxylation sites is 1. The first kappa shape index (κ1) is 13.9. The maximum absolute atomic E-state index is 12.1. The van der Waals surface area contributed by atoms with Crippen molar-refractivity contribution in [2.45, 2.75) is 23.8 Å². The van der Waals surface area contributed by atoms with Crippen LogP contribution in [0.25, 0.3) is 0 Å². The smallest absolute Gasteiger partial charge is 0.289 e. The Morgan fingerprint density at radius 3 is 2.79 bits per heavy atom. The molecule has 19 heavy (non-hydrogen) atoms. The third kappa shape index (κ3) is 3.28. The predicted octanol–water partition coefficient (Wildman–Crippen LogP) is 0.625. The number of nitrogens with zero attached hydrogens (tertiary/aromatic N) is 1. The van der Waals surface area contributed by atoms with Crippen molar-refractivity contribution in [1.82, 2.24) is 10.0 Å². The molecule has 1 heterocycles. The van der Waals surface area contributed by atoms with Gasteiger partial charge in [-0.25, -0.2) is 13.1 Å². The highest BCUT2D eigenvalue weighted by atomic mass is 32.2. The van der Waals surface area contributed by atoms with Crippen LogP contribution in [0.2, 0.25) is 0 Å². The molecule has 2 N–H and O–H groups in total. The fourth-order valence-corrected chi connectivity index (χ4v) is 3.31. The predicted molar refractivity (Wildman–Crippen MR) is 69.3 cm³/mol. The number of nitro benzene ring substituents is 1. The molecule has 0 spiro atoms. The number of nitrogens with one attached hydrogen (secondary N) is 2. The van der Waals surface area contributed by atoms with Gasteiger partial charge in [-0.05, 0) is 25.5 Å². The summed E-state index contributed by atoms with van der Waals surface area (Å²) in [6.45, 7) is 1.12. The van der Waals surface area contributed by atoms with Gasteiger partial charge in [0.2, 0.25) is 10.0 Å². The van der Waals surface area contributed by atoms with E-state index >= 15 is 0 Å². The summed E-state index contributed by atoms with van der Waals surface area (Å²) in [5, 5.41) is 14.0. The molecule has 0 saturated carbocycles. The van der Waals surface area contributed by atoms with Gasteiger partial charge in [-0.1, -0.05) is 12.1 Å². The van der Waals surface area contributed by atoms with Crippen LogP contribution in [-0.2, 0) is 10.0 Å². The van der Waals surface area contributed by atoms with Crippen molar-refractivity contribution in [2.75, 3.05) is 13.1 Å². The summed E-state index contributed by atoms with van der Waals surface area (Å²) in [5.41, 5.74) is -0.408. The molecule has 104 valence electrons. The van der Waals surface area contributed by atoms with Gasteiger partial charge < -0.3 is 5.32 Å². The van der Waals surface area contributed by atoms with Gasteiger partial charge in [0.15, 0.2) is 4.90 Å². The third-order valence-corrected chi connectivity index (χ3v) is 4.50. The second-order valence-corrected chi connectivity index (χ2v) is 6.11.